The van der Waals surface area contributed by atoms with Crippen LogP contribution in [0.1, 0.15) is 43.2 Å². The molecule has 1 aromatic heterocycles. The number of rotatable bonds is 6. The van der Waals surface area contributed by atoms with Gasteiger partial charge in [-0.25, -0.2) is 9.78 Å². The number of nitrogens with zero attached hydrogens (tertiary/aromatic N) is 2. The minimum absolute atomic E-state index is 0.0899. The fourth-order valence-corrected chi connectivity index (χ4v) is 3.57. The van der Waals surface area contributed by atoms with Crippen LogP contribution >= 0.6 is 11.3 Å². The fourth-order valence-electron chi connectivity index (χ4n) is 2.85. The Kier molecular flexibility index (Phi) is 6.45. The first kappa shape index (κ1) is 16.2. The first-order chi connectivity index (χ1) is 10.2. The zero-order valence-electron chi connectivity index (χ0n) is 13.0. The number of thiazole rings is 1. The summed E-state index contributed by atoms with van der Waals surface area (Å²) in [5.74, 6) is 0. The van der Waals surface area contributed by atoms with Gasteiger partial charge in [0.25, 0.3) is 0 Å². The number of likely N-dealkylation sites (tertiary alicyclic amines) is 1. The van der Waals surface area contributed by atoms with Crippen LogP contribution in [0, 0.1) is 6.92 Å². The molecule has 2 rings (SSSR count). The molecular weight excluding hydrogens is 284 g/mol. The normalized spacial score (nSPS) is 19.4. The Morgan fingerprint density at radius 1 is 1.48 bits per heavy atom. The molecule has 1 aromatic rings. The van der Waals surface area contributed by atoms with Crippen molar-refractivity contribution in [2.75, 3.05) is 19.6 Å². The van der Waals surface area contributed by atoms with Gasteiger partial charge in [-0.3, -0.25) is 4.90 Å². The third kappa shape index (κ3) is 4.97. The van der Waals surface area contributed by atoms with Crippen molar-refractivity contribution in [2.45, 2.75) is 52.1 Å². The highest BCUT2D eigenvalue weighted by Gasteiger charge is 2.20. The highest BCUT2D eigenvalue weighted by Crippen LogP contribution is 2.18. The molecule has 2 heterocycles. The predicted octanol–water partition coefficient (Wildman–Crippen LogP) is 2.52. The van der Waals surface area contributed by atoms with Gasteiger partial charge in [-0.05, 0) is 32.7 Å². The molecule has 118 valence electrons. The fraction of sp³-hybridized carbons (Fsp3) is 0.733. The first-order valence-corrected chi connectivity index (χ1v) is 8.73. The SMILES string of the molecule is CC[C@@H]1CCCCN1CCNC(=O)NCc1scnc1C. The van der Waals surface area contributed by atoms with E-state index < -0.39 is 0 Å². The molecular formula is C15H26N4OS. The molecule has 1 aliphatic rings. The van der Waals surface area contributed by atoms with Gasteiger partial charge < -0.3 is 10.6 Å². The molecule has 0 spiro atoms. The highest BCUT2D eigenvalue weighted by molar-refractivity contribution is 7.09. The van der Waals surface area contributed by atoms with Crippen LogP contribution < -0.4 is 10.6 Å². The van der Waals surface area contributed by atoms with E-state index in [1.54, 1.807) is 11.3 Å². The standard InChI is InChI=1S/C15H26N4OS/c1-3-13-6-4-5-8-19(13)9-7-16-15(20)17-10-14-12(2)18-11-21-14/h11,13H,3-10H2,1-2H3,(H2,16,17,20)/t13-/m1/s1. The van der Waals surface area contributed by atoms with Crippen molar-refractivity contribution in [2.24, 2.45) is 0 Å². The lowest BCUT2D eigenvalue weighted by Gasteiger charge is -2.35. The maximum Gasteiger partial charge on any atom is 0.315 e. The maximum atomic E-state index is 11.8. The maximum absolute atomic E-state index is 11.8. The van der Waals surface area contributed by atoms with Crippen LogP contribution in [0.5, 0.6) is 0 Å². The van der Waals surface area contributed by atoms with Gasteiger partial charge in [0.2, 0.25) is 0 Å². The summed E-state index contributed by atoms with van der Waals surface area (Å²) < 4.78 is 0. The van der Waals surface area contributed by atoms with E-state index in [0.717, 1.165) is 17.1 Å². The number of hydrogen-bond donors (Lipinski definition) is 2. The number of urea groups is 1. The van der Waals surface area contributed by atoms with Gasteiger partial charge in [-0.15, -0.1) is 11.3 Å². The molecule has 1 atom stereocenters. The van der Waals surface area contributed by atoms with Gasteiger partial charge in [0.05, 0.1) is 17.7 Å². The van der Waals surface area contributed by atoms with Crippen molar-refractivity contribution in [3.05, 3.63) is 16.1 Å². The Morgan fingerprint density at radius 2 is 2.33 bits per heavy atom. The Balaban J connectivity index is 1.63. The van der Waals surface area contributed by atoms with Gasteiger partial charge in [0.15, 0.2) is 0 Å². The molecule has 0 radical (unpaired) electrons. The number of aryl methyl sites for hydroxylation is 1. The van der Waals surface area contributed by atoms with E-state index in [-0.39, 0.29) is 6.03 Å². The second-order valence-electron chi connectivity index (χ2n) is 5.56. The van der Waals surface area contributed by atoms with E-state index in [9.17, 15) is 4.79 Å². The van der Waals surface area contributed by atoms with Crippen LogP contribution in [0.3, 0.4) is 0 Å². The summed E-state index contributed by atoms with van der Waals surface area (Å²) in [6.07, 6.45) is 5.13. The molecule has 21 heavy (non-hydrogen) atoms. The van der Waals surface area contributed by atoms with E-state index in [0.29, 0.717) is 19.1 Å². The molecule has 0 aromatic carbocycles. The molecule has 0 aliphatic carbocycles. The minimum atomic E-state index is -0.0899. The topological polar surface area (TPSA) is 57.3 Å². The van der Waals surface area contributed by atoms with Crippen LogP contribution in [-0.4, -0.2) is 41.6 Å². The Labute approximate surface area is 131 Å². The average Bonchev–Trinajstić information content (AvgIpc) is 2.91. The summed E-state index contributed by atoms with van der Waals surface area (Å²) in [6, 6.07) is 0.608. The molecule has 1 saturated heterocycles. The quantitative estimate of drug-likeness (QED) is 0.849. The largest absolute Gasteiger partial charge is 0.337 e. The summed E-state index contributed by atoms with van der Waals surface area (Å²) in [5, 5.41) is 5.84. The van der Waals surface area contributed by atoms with Gasteiger partial charge in [-0.2, -0.15) is 0 Å². The summed E-state index contributed by atoms with van der Waals surface area (Å²) in [4.78, 5) is 19.6. The van der Waals surface area contributed by atoms with Crippen LogP contribution in [0.15, 0.2) is 5.51 Å². The first-order valence-electron chi connectivity index (χ1n) is 7.85. The third-order valence-electron chi connectivity index (χ3n) is 4.16. The third-order valence-corrected chi connectivity index (χ3v) is 5.09. The second kappa shape index (κ2) is 8.34. The lowest BCUT2D eigenvalue weighted by atomic mass is 10.0. The summed E-state index contributed by atoms with van der Waals surface area (Å²) in [7, 11) is 0. The van der Waals surface area contributed by atoms with Crippen LogP contribution in [-0.2, 0) is 6.54 Å². The minimum Gasteiger partial charge on any atom is -0.337 e. The molecule has 6 heteroatoms. The van der Waals surface area contributed by atoms with Gasteiger partial charge in [0.1, 0.15) is 0 Å². The van der Waals surface area contributed by atoms with Gasteiger partial charge >= 0.3 is 6.03 Å². The zero-order valence-corrected chi connectivity index (χ0v) is 13.8. The number of carbonyl (C=O) groups excluding carboxylic acids is 1. The summed E-state index contributed by atoms with van der Waals surface area (Å²) in [5.41, 5.74) is 2.81. The van der Waals surface area contributed by atoms with Crippen molar-refractivity contribution >= 4 is 17.4 Å². The number of amides is 2. The molecule has 0 unspecified atom stereocenters. The molecule has 5 nitrogen and oxygen atoms in total. The smallest absolute Gasteiger partial charge is 0.315 e. The highest BCUT2D eigenvalue weighted by atomic mass is 32.1. The molecule has 1 aliphatic heterocycles. The van der Waals surface area contributed by atoms with Crippen molar-refractivity contribution < 1.29 is 4.79 Å². The Bertz CT molecular complexity index is 449. The molecule has 0 saturated carbocycles. The van der Waals surface area contributed by atoms with E-state index >= 15 is 0 Å². The number of carbonyl (C=O) groups is 1. The van der Waals surface area contributed by atoms with E-state index in [4.69, 9.17) is 0 Å². The van der Waals surface area contributed by atoms with E-state index in [2.05, 4.69) is 27.4 Å². The summed E-state index contributed by atoms with van der Waals surface area (Å²) in [6.45, 7) is 7.61. The van der Waals surface area contributed by atoms with Crippen LogP contribution in [0.2, 0.25) is 0 Å². The lowest BCUT2D eigenvalue weighted by Crippen LogP contribution is -2.45. The molecule has 0 bridgehead atoms. The van der Waals surface area contributed by atoms with Crippen molar-refractivity contribution in [1.82, 2.24) is 20.5 Å². The predicted molar refractivity (Wildman–Crippen MR) is 86.6 cm³/mol. The van der Waals surface area contributed by atoms with E-state index in [1.165, 1.54) is 32.2 Å². The van der Waals surface area contributed by atoms with Crippen LogP contribution in [0.25, 0.3) is 0 Å². The molecule has 2 N–H and O–H groups in total. The average molecular weight is 310 g/mol. The summed E-state index contributed by atoms with van der Waals surface area (Å²) >= 11 is 1.58. The number of aromatic nitrogens is 1. The lowest BCUT2D eigenvalue weighted by molar-refractivity contribution is 0.145. The van der Waals surface area contributed by atoms with Crippen molar-refractivity contribution in [3.63, 3.8) is 0 Å². The van der Waals surface area contributed by atoms with Crippen LogP contribution in [0.4, 0.5) is 4.79 Å². The Morgan fingerprint density at radius 3 is 3.05 bits per heavy atom. The van der Waals surface area contributed by atoms with Crippen molar-refractivity contribution in [3.8, 4) is 0 Å². The van der Waals surface area contributed by atoms with Gasteiger partial charge in [0, 0.05) is 24.0 Å². The molecule has 1 fully saturated rings. The molecule has 2 amide bonds. The van der Waals surface area contributed by atoms with Gasteiger partial charge in [-0.1, -0.05) is 13.3 Å². The zero-order chi connectivity index (χ0) is 15.1. The second-order valence-corrected chi connectivity index (χ2v) is 6.50. The van der Waals surface area contributed by atoms with E-state index in [1.807, 2.05) is 12.4 Å². The number of hydrogen-bond acceptors (Lipinski definition) is 4. The number of piperidine rings is 1. The Hall–Kier alpha value is -1.14. The number of nitrogens with one attached hydrogen (secondary N) is 2. The van der Waals surface area contributed by atoms with Crippen molar-refractivity contribution in [1.29, 1.82) is 0 Å². The monoisotopic (exact) mass is 310 g/mol.